The molecule has 0 radical (unpaired) electrons. The second-order valence-electron chi connectivity index (χ2n) is 4.62. The van der Waals surface area contributed by atoms with Crippen LogP contribution < -0.4 is 10.2 Å². The maximum Gasteiger partial charge on any atom is 0.390 e. The summed E-state index contributed by atoms with van der Waals surface area (Å²) in [6.07, 6.45) is -4.91. The third-order valence-corrected chi connectivity index (χ3v) is 2.92. The van der Waals surface area contributed by atoms with Gasteiger partial charge >= 0.3 is 6.18 Å². The second-order valence-corrected chi connectivity index (χ2v) is 4.62. The molecule has 0 fully saturated rings. The third-order valence-electron chi connectivity index (χ3n) is 2.92. The molecule has 1 aromatic rings. The lowest BCUT2D eigenvalue weighted by atomic mass is 10.2. The number of nitrogens with zero attached hydrogens (tertiary/aromatic N) is 1. The second kappa shape index (κ2) is 8.11. The Bertz CT molecular complexity index is 379. The Morgan fingerprint density at radius 3 is 2.40 bits per heavy atom. The quantitative estimate of drug-likeness (QED) is 0.745. The summed E-state index contributed by atoms with van der Waals surface area (Å²) < 4.78 is 41.4. The Kier molecular flexibility index (Phi) is 6.81. The highest BCUT2D eigenvalue weighted by Crippen LogP contribution is 2.21. The Balaban J connectivity index is 2.41. The molecule has 0 saturated heterocycles. The molecule has 20 heavy (non-hydrogen) atoms. The van der Waals surface area contributed by atoms with Crippen LogP contribution in [0.2, 0.25) is 0 Å². The summed E-state index contributed by atoms with van der Waals surface area (Å²) in [5, 5.41) is 3.21. The molecule has 0 aliphatic rings. The molecule has 6 heteroatoms. The van der Waals surface area contributed by atoms with E-state index in [0.717, 1.165) is 24.3 Å². The number of hydrogen-bond acceptors (Lipinski definition) is 3. The van der Waals surface area contributed by atoms with Gasteiger partial charge in [-0.25, -0.2) is 0 Å². The number of hydrogen-bond donors (Lipinski definition) is 1. The van der Waals surface area contributed by atoms with Crippen LogP contribution in [0.3, 0.4) is 0 Å². The molecule has 1 aromatic carbocycles. The fourth-order valence-corrected chi connectivity index (χ4v) is 1.70. The van der Waals surface area contributed by atoms with E-state index in [4.69, 9.17) is 4.74 Å². The molecule has 0 atom stereocenters. The number of methoxy groups -OCH3 is 1. The van der Waals surface area contributed by atoms with Crippen LogP contribution in [0.5, 0.6) is 0 Å². The van der Waals surface area contributed by atoms with E-state index in [2.05, 4.69) is 5.32 Å². The number of rotatable bonds is 8. The van der Waals surface area contributed by atoms with Gasteiger partial charge in [0.05, 0.1) is 13.0 Å². The average Bonchev–Trinajstić information content (AvgIpc) is 2.41. The third kappa shape index (κ3) is 6.77. The van der Waals surface area contributed by atoms with Crippen LogP contribution in [-0.2, 0) is 11.3 Å². The minimum absolute atomic E-state index is 0.0328. The van der Waals surface area contributed by atoms with Gasteiger partial charge in [-0.2, -0.15) is 13.2 Å². The van der Waals surface area contributed by atoms with Gasteiger partial charge in [0.15, 0.2) is 0 Å². The lowest BCUT2D eigenvalue weighted by Crippen LogP contribution is -2.24. The molecule has 3 nitrogen and oxygen atoms in total. The van der Waals surface area contributed by atoms with Crippen molar-refractivity contribution in [2.75, 3.05) is 38.8 Å². The minimum Gasteiger partial charge on any atom is -0.383 e. The largest absolute Gasteiger partial charge is 0.390 e. The number of halogens is 3. The van der Waals surface area contributed by atoms with Gasteiger partial charge in [-0.05, 0) is 17.7 Å². The number of alkyl halides is 3. The summed E-state index contributed by atoms with van der Waals surface area (Å²) in [7, 11) is 3.31. The van der Waals surface area contributed by atoms with Crippen molar-refractivity contribution in [1.82, 2.24) is 5.32 Å². The van der Waals surface area contributed by atoms with Crippen LogP contribution in [0.1, 0.15) is 12.0 Å². The van der Waals surface area contributed by atoms with Crippen molar-refractivity contribution in [1.29, 1.82) is 0 Å². The van der Waals surface area contributed by atoms with Crippen molar-refractivity contribution >= 4 is 5.69 Å². The summed E-state index contributed by atoms with van der Waals surface area (Å²) in [4.78, 5) is 1.61. The fraction of sp³-hybridized carbons (Fsp3) is 0.571. The predicted octanol–water partition coefficient (Wildman–Crippen LogP) is 2.81. The normalized spacial score (nSPS) is 11.7. The molecular weight excluding hydrogens is 269 g/mol. The van der Waals surface area contributed by atoms with Crippen LogP contribution in [0.15, 0.2) is 24.3 Å². The van der Waals surface area contributed by atoms with Gasteiger partial charge in [0.2, 0.25) is 0 Å². The molecule has 0 aliphatic carbocycles. The van der Waals surface area contributed by atoms with E-state index in [-0.39, 0.29) is 6.54 Å². The summed E-state index contributed by atoms with van der Waals surface area (Å²) in [6.45, 7) is 2.10. The van der Waals surface area contributed by atoms with Gasteiger partial charge in [0, 0.05) is 39.5 Å². The highest BCUT2D eigenvalue weighted by molar-refractivity contribution is 5.46. The first kappa shape index (κ1) is 16.8. The van der Waals surface area contributed by atoms with E-state index in [0.29, 0.717) is 6.61 Å². The molecule has 0 aromatic heterocycles. The summed E-state index contributed by atoms with van der Waals surface area (Å²) in [5.41, 5.74) is 1.88. The van der Waals surface area contributed by atoms with E-state index < -0.39 is 12.6 Å². The number of anilines is 1. The van der Waals surface area contributed by atoms with Gasteiger partial charge in [-0.3, -0.25) is 0 Å². The Labute approximate surface area is 117 Å². The Hall–Kier alpha value is -1.27. The fourth-order valence-electron chi connectivity index (χ4n) is 1.70. The van der Waals surface area contributed by atoms with Gasteiger partial charge < -0.3 is 15.0 Å². The van der Waals surface area contributed by atoms with E-state index in [9.17, 15) is 13.2 Å². The molecule has 114 valence electrons. The van der Waals surface area contributed by atoms with Crippen LogP contribution in [0, 0.1) is 0 Å². The molecule has 0 heterocycles. The molecule has 1 rings (SSSR count). The first-order valence-corrected chi connectivity index (χ1v) is 6.49. The molecule has 0 spiro atoms. The SMILES string of the molecule is COCCNCc1ccc(N(C)CCC(F)(F)F)cc1. The first-order chi connectivity index (χ1) is 9.42. The lowest BCUT2D eigenvalue weighted by molar-refractivity contribution is -0.132. The van der Waals surface area contributed by atoms with Gasteiger partial charge in [0.25, 0.3) is 0 Å². The van der Waals surface area contributed by atoms with Gasteiger partial charge in [-0.1, -0.05) is 12.1 Å². The Morgan fingerprint density at radius 2 is 1.85 bits per heavy atom. The summed E-state index contributed by atoms with van der Waals surface area (Å²) in [5.74, 6) is 0. The maximum atomic E-state index is 12.2. The standard InChI is InChI=1S/C14H21F3N2O/c1-19(9-7-14(15,16)17)13-5-3-12(4-6-13)11-18-8-10-20-2/h3-6,18H,7-11H2,1-2H3. The van der Waals surface area contributed by atoms with Crippen molar-refractivity contribution in [3.8, 4) is 0 Å². The predicted molar refractivity (Wildman–Crippen MR) is 74.0 cm³/mol. The van der Waals surface area contributed by atoms with E-state index in [1.807, 2.05) is 24.3 Å². The molecular formula is C14H21F3N2O. The Morgan fingerprint density at radius 1 is 1.20 bits per heavy atom. The number of benzene rings is 1. The number of nitrogens with one attached hydrogen (secondary N) is 1. The maximum absolute atomic E-state index is 12.2. The van der Waals surface area contributed by atoms with Crippen LogP contribution in [0.4, 0.5) is 18.9 Å². The topological polar surface area (TPSA) is 24.5 Å². The van der Waals surface area contributed by atoms with Crippen LogP contribution in [0.25, 0.3) is 0 Å². The van der Waals surface area contributed by atoms with E-state index in [1.54, 1.807) is 19.1 Å². The van der Waals surface area contributed by atoms with Crippen LogP contribution in [-0.4, -0.2) is 40.0 Å². The highest BCUT2D eigenvalue weighted by atomic mass is 19.4. The van der Waals surface area contributed by atoms with Crippen molar-refractivity contribution in [2.45, 2.75) is 19.1 Å². The van der Waals surface area contributed by atoms with Crippen molar-refractivity contribution in [2.24, 2.45) is 0 Å². The minimum atomic E-state index is -4.11. The average molecular weight is 290 g/mol. The summed E-state index contributed by atoms with van der Waals surface area (Å²) in [6, 6.07) is 7.51. The zero-order chi connectivity index (χ0) is 15.0. The molecule has 0 bridgehead atoms. The molecule has 0 amide bonds. The first-order valence-electron chi connectivity index (χ1n) is 6.49. The van der Waals surface area contributed by atoms with E-state index in [1.165, 1.54) is 0 Å². The van der Waals surface area contributed by atoms with Gasteiger partial charge in [0.1, 0.15) is 0 Å². The molecule has 0 aliphatic heterocycles. The smallest absolute Gasteiger partial charge is 0.383 e. The van der Waals surface area contributed by atoms with E-state index >= 15 is 0 Å². The molecule has 0 unspecified atom stereocenters. The number of ether oxygens (including phenoxy) is 1. The lowest BCUT2D eigenvalue weighted by Gasteiger charge is -2.20. The van der Waals surface area contributed by atoms with Crippen molar-refractivity contribution in [3.05, 3.63) is 29.8 Å². The zero-order valence-electron chi connectivity index (χ0n) is 11.8. The summed E-state index contributed by atoms with van der Waals surface area (Å²) >= 11 is 0. The van der Waals surface area contributed by atoms with Crippen LogP contribution >= 0.6 is 0 Å². The van der Waals surface area contributed by atoms with Crippen molar-refractivity contribution < 1.29 is 17.9 Å². The highest BCUT2D eigenvalue weighted by Gasteiger charge is 2.27. The zero-order valence-corrected chi connectivity index (χ0v) is 11.8. The molecule has 0 saturated carbocycles. The monoisotopic (exact) mass is 290 g/mol. The molecule has 1 N–H and O–H groups in total. The van der Waals surface area contributed by atoms with Gasteiger partial charge in [-0.15, -0.1) is 0 Å². The van der Waals surface area contributed by atoms with Crippen molar-refractivity contribution in [3.63, 3.8) is 0 Å².